The van der Waals surface area contributed by atoms with E-state index in [1.165, 1.54) is 4.90 Å². The van der Waals surface area contributed by atoms with Crippen LogP contribution in [-0.2, 0) is 32.1 Å². The summed E-state index contributed by atoms with van der Waals surface area (Å²) in [6.07, 6.45) is 1.59. The van der Waals surface area contributed by atoms with Crippen molar-refractivity contribution in [2.24, 2.45) is 0 Å². The molecule has 1 saturated heterocycles. The summed E-state index contributed by atoms with van der Waals surface area (Å²) < 4.78 is 10.2. The van der Waals surface area contributed by atoms with Crippen LogP contribution in [0.1, 0.15) is 44.9 Å². The molecule has 1 N–H and O–H groups in total. The van der Waals surface area contributed by atoms with E-state index in [4.69, 9.17) is 9.47 Å². The summed E-state index contributed by atoms with van der Waals surface area (Å²) in [5.74, 6) is 0.571. The van der Waals surface area contributed by atoms with Gasteiger partial charge in [0.2, 0.25) is 5.91 Å². The van der Waals surface area contributed by atoms with Gasteiger partial charge in [-0.3, -0.25) is 14.5 Å². The molecule has 3 rings (SSSR count). The highest BCUT2D eigenvalue weighted by atomic mass is 16.6. The maximum absolute atomic E-state index is 12.2. The fourth-order valence-corrected chi connectivity index (χ4v) is 3.69. The van der Waals surface area contributed by atoms with E-state index in [2.05, 4.69) is 15.2 Å². The van der Waals surface area contributed by atoms with Crippen molar-refractivity contribution in [2.45, 2.75) is 58.3 Å². The third-order valence-electron chi connectivity index (χ3n) is 4.93. The zero-order chi connectivity index (χ0) is 21.2. The van der Waals surface area contributed by atoms with E-state index in [-0.39, 0.29) is 25.0 Å². The van der Waals surface area contributed by atoms with Crippen LogP contribution in [0, 0.1) is 0 Å². The Morgan fingerprint density at radius 2 is 2.17 bits per heavy atom. The molecule has 0 radical (unpaired) electrons. The van der Waals surface area contributed by atoms with Crippen LogP contribution in [0.25, 0.3) is 0 Å². The van der Waals surface area contributed by atoms with Crippen LogP contribution >= 0.6 is 0 Å². The second kappa shape index (κ2) is 8.26. The van der Waals surface area contributed by atoms with E-state index in [0.29, 0.717) is 24.5 Å². The third kappa shape index (κ3) is 4.96. The minimum absolute atomic E-state index is 0.0253. The zero-order valence-electron chi connectivity index (χ0n) is 17.4. The number of nitrogens with one attached hydrogen (secondary N) is 1. The van der Waals surface area contributed by atoms with Gasteiger partial charge in [0, 0.05) is 37.4 Å². The number of alkyl carbamates (subject to hydrolysis) is 1. The van der Waals surface area contributed by atoms with Crippen LogP contribution < -0.4 is 15.1 Å². The Bertz CT molecular complexity index is 805. The van der Waals surface area contributed by atoms with Crippen LogP contribution in [0.15, 0.2) is 6.07 Å². The molecule has 2 amide bonds. The van der Waals surface area contributed by atoms with E-state index in [9.17, 15) is 14.4 Å². The molecule has 2 aliphatic rings. The van der Waals surface area contributed by atoms with E-state index in [1.54, 1.807) is 7.05 Å². The standard InChI is InChI=1S/C20H28N4O5/c1-20(2,3)29-19(27)22-13-6-5-7-24(10-13)16-8-14(11-28-12-25)21-18-15(16)9-17(26)23(18)4/h8,12-13H,5-7,9-11H2,1-4H3,(H,22,27)/t13-/m1/s1. The Morgan fingerprint density at radius 1 is 1.41 bits per heavy atom. The topological polar surface area (TPSA) is 101 Å². The van der Waals surface area contributed by atoms with Gasteiger partial charge >= 0.3 is 6.09 Å². The second-order valence-electron chi connectivity index (χ2n) is 8.40. The highest BCUT2D eigenvalue weighted by molar-refractivity contribution is 6.01. The van der Waals surface area contributed by atoms with E-state index in [1.807, 2.05) is 26.8 Å². The Morgan fingerprint density at radius 3 is 2.86 bits per heavy atom. The molecule has 0 bridgehead atoms. The molecule has 1 aromatic heterocycles. The number of rotatable bonds is 5. The van der Waals surface area contributed by atoms with Gasteiger partial charge < -0.3 is 19.7 Å². The van der Waals surface area contributed by atoms with Crippen molar-refractivity contribution >= 4 is 30.0 Å². The van der Waals surface area contributed by atoms with Crippen molar-refractivity contribution in [1.82, 2.24) is 10.3 Å². The van der Waals surface area contributed by atoms with E-state index >= 15 is 0 Å². The lowest BCUT2D eigenvalue weighted by molar-refractivity contribution is -0.130. The van der Waals surface area contributed by atoms with Gasteiger partial charge in [0.15, 0.2) is 0 Å². The molecule has 9 heteroatoms. The second-order valence-corrected chi connectivity index (χ2v) is 8.40. The Kier molecular flexibility index (Phi) is 5.95. The summed E-state index contributed by atoms with van der Waals surface area (Å²) in [6.45, 7) is 7.31. The summed E-state index contributed by atoms with van der Waals surface area (Å²) in [7, 11) is 1.69. The van der Waals surface area contributed by atoms with Gasteiger partial charge in [-0.2, -0.15) is 0 Å². The first-order valence-electron chi connectivity index (χ1n) is 9.77. The fraction of sp³-hybridized carbons (Fsp3) is 0.600. The maximum Gasteiger partial charge on any atom is 0.407 e. The van der Waals surface area contributed by atoms with Gasteiger partial charge in [-0.1, -0.05) is 0 Å². The molecule has 0 aliphatic carbocycles. The van der Waals surface area contributed by atoms with Gasteiger partial charge in [-0.25, -0.2) is 9.78 Å². The largest absolute Gasteiger partial charge is 0.461 e. The number of hydrogen-bond acceptors (Lipinski definition) is 7. The lowest BCUT2D eigenvalue weighted by Crippen LogP contribution is -2.49. The normalized spacial score (nSPS) is 19.0. The molecular weight excluding hydrogens is 376 g/mol. The molecule has 0 saturated carbocycles. The third-order valence-corrected chi connectivity index (χ3v) is 4.93. The first-order chi connectivity index (χ1) is 13.7. The molecule has 1 atom stereocenters. The molecule has 29 heavy (non-hydrogen) atoms. The molecule has 3 heterocycles. The predicted octanol–water partition coefficient (Wildman–Crippen LogP) is 1.77. The van der Waals surface area contributed by atoms with Crippen LogP contribution in [0.2, 0.25) is 0 Å². The highest BCUT2D eigenvalue weighted by Gasteiger charge is 2.32. The Balaban J connectivity index is 1.81. The van der Waals surface area contributed by atoms with E-state index < -0.39 is 11.7 Å². The monoisotopic (exact) mass is 404 g/mol. The summed E-state index contributed by atoms with van der Waals surface area (Å²) in [5.41, 5.74) is 1.79. The van der Waals surface area contributed by atoms with Crippen molar-refractivity contribution in [3.05, 3.63) is 17.3 Å². The predicted molar refractivity (Wildman–Crippen MR) is 107 cm³/mol. The minimum atomic E-state index is -0.553. The number of aromatic nitrogens is 1. The number of pyridine rings is 1. The number of likely N-dealkylation sites (N-methyl/N-ethyl adjacent to an activating group) is 1. The number of amides is 2. The van der Waals surface area contributed by atoms with Gasteiger partial charge in [-0.05, 0) is 39.7 Å². The first kappa shape index (κ1) is 20.9. The molecule has 0 spiro atoms. The number of fused-ring (bicyclic) bond motifs is 1. The average molecular weight is 404 g/mol. The number of ether oxygens (including phenoxy) is 2. The number of piperidine rings is 1. The molecule has 1 fully saturated rings. The molecule has 2 aliphatic heterocycles. The number of anilines is 2. The van der Waals surface area contributed by atoms with Gasteiger partial charge in [-0.15, -0.1) is 0 Å². The summed E-state index contributed by atoms with van der Waals surface area (Å²) in [5, 5.41) is 2.94. The maximum atomic E-state index is 12.2. The quantitative estimate of drug-likeness (QED) is 0.746. The molecule has 0 unspecified atom stereocenters. The van der Waals surface area contributed by atoms with Crippen LogP contribution in [0.5, 0.6) is 0 Å². The first-order valence-corrected chi connectivity index (χ1v) is 9.77. The summed E-state index contributed by atoms with van der Waals surface area (Å²) in [6, 6.07) is 1.80. The van der Waals surface area contributed by atoms with Gasteiger partial charge in [0.25, 0.3) is 6.47 Å². The molecule has 158 valence electrons. The van der Waals surface area contributed by atoms with Gasteiger partial charge in [0.1, 0.15) is 18.0 Å². The van der Waals surface area contributed by atoms with Crippen LogP contribution in [0.4, 0.5) is 16.3 Å². The SMILES string of the molecule is CN1C(=O)Cc2c(N3CCC[C@@H](NC(=O)OC(C)(C)C)C3)cc(COC=O)nc21. The average Bonchev–Trinajstić information content (AvgIpc) is 2.92. The minimum Gasteiger partial charge on any atom is -0.461 e. The molecular formula is C20H28N4O5. The van der Waals surface area contributed by atoms with Crippen molar-refractivity contribution < 1.29 is 23.9 Å². The lowest BCUT2D eigenvalue weighted by Gasteiger charge is -2.36. The van der Waals surface area contributed by atoms with Crippen molar-refractivity contribution in [3.8, 4) is 0 Å². The summed E-state index contributed by atoms with van der Waals surface area (Å²) in [4.78, 5) is 43.2. The van der Waals surface area contributed by atoms with Crippen LogP contribution in [-0.4, -0.2) is 55.2 Å². The van der Waals surface area contributed by atoms with Crippen molar-refractivity contribution in [2.75, 3.05) is 29.9 Å². The highest BCUT2D eigenvalue weighted by Crippen LogP contribution is 2.36. The van der Waals surface area contributed by atoms with Crippen molar-refractivity contribution in [1.29, 1.82) is 0 Å². The zero-order valence-corrected chi connectivity index (χ0v) is 17.4. The molecule has 9 nitrogen and oxygen atoms in total. The molecule has 0 aromatic carbocycles. The number of carbonyl (C=O) groups excluding carboxylic acids is 3. The van der Waals surface area contributed by atoms with Crippen LogP contribution in [0.3, 0.4) is 0 Å². The smallest absolute Gasteiger partial charge is 0.407 e. The number of hydrogen-bond donors (Lipinski definition) is 1. The molecule has 1 aromatic rings. The fourth-order valence-electron chi connectivity index (χ4n) is 3.69. The van der Waals surface area contributed by atoms with E-state index in [0.717, 1.165) is 30.6 Å². The number of carbonyl (C=O) groups is 3. The lowest BCUT2D eigenvalue weighted by atomic mass is 10.0. The van der Waals surface area contributed by atoms with Crippen molar-refractivity contribution in [3.63, 3.8) is 0 Å². The van der Waals surface area contributed by atoms with Gasteiger partial charge in [0.05, 0.1) is 12.1 Å². The Labute approximate surface area is 170 Å². The number of nitrogens with zero attached hydrogens (tertiary/aromatic N) is 3. The summed E-state index contributed by atoms with van der Waals surface area (Å²) >= 11 is 0. The Hall–Kier alpha value is -2.84.